The minimum absolute atomic E-state index is 0.0602. The van der Waals surface area contributed by atoms with Gasteiger partial charge in [0.1, 0.15) is 5.52 Å². The van der Waals surface area contributed by atoms with E-state index in [1.165, 1.54) is 0 Å². The number of aryl methyl sites for hydroxylation is 1. The molecule has 2 aromatic rings. The summed E-state index contributed by atoms with van der Waals surface area (Å²) in [6, 6.07) is 5.58. The lowest BCUT2D eigenvalue weighted by Crippen LogP contribution is -2.32. The molecule has 21 heavy (non-hydrogen) atoms. The molecule has 1 amide bonds. The summed E-state index contributed by atoms with van der Waals surface area (Å²) in [5.41, 5.74) is 2.46. The molecule has 1 aromatic heterocycles. The Bertz CT molecular complexity index is 625. The van der Waals surface area contributed by atoms with Gasteiger partial charge in [-0.3, -0.25) is 4.79 Å². The van der Waals surface area contributed by atoms with Crippen molar-refractivity contribution < 1.29 is 4.79 Å². The minimum atomic E-state index is -0.0602. The Morgan fingerprint density at radius 1 is 1.33 bits per heavy atom. The number of hydrogen-bond acceptors (Lipinski definition) is 3. The van der Waals surface area contributed by atoms with Gasteiger partial charge in [0.25, 0.3) is 5.91 Å². The molecular weight excluding hydrogens is 264 g/mol. The highest BCUT2D eigenvalue weighted by molar-refractivity contribution is 5.97. The zero-order valence-electron chi connectivity index (χ0n) is 13.3. The molecule has 1 aromatic carbocycles. The fourth-order valence-electron chi connectivity index (χ4n) is 2.03. The number of nitrogens with one attached hydrogen (secondary N) is 1. The molecule has 1 N–H and O–H groups in total. The summed E-state index contributed by atoms with van der Waals surface area (Å²) in [5.74, 6) is -0.0602. The standard InChI is InChI=1S/C16H24N4O/c1-5-6-9-20-14-8-7-12(10-13(14)18-19-20)15(21)17-11-16(2,3)4/h7-8,10H,5-6,9,11H2,1-4H3,(H,17,21). The van der Waals surface area contributed by atoms with Gasteiger partial charge in [-0.2, -0.15) is 0 Å². The summed E-state index contributed by atoms with van der Waals surface area (Å²) in [6.45, 7) is 9.94. The van der Waals surface area contributed by atoms with Crippen LogP contribution in [0, 0.1) is 5.41 Å². The summed E-state index contributed by atoms with van der Waals surface area (Å²) in [4.78, 5) is 12.1. The zero-order valence-corrected chi connectivity index (χ0v) is 13.3. The lowest BCUT2D eigenvalue weighted by molar-refractivity contribution is 0.0939. The first-order chi connectivity index (χ1) is 9.90. The van der Waals surface area contributed by atoms with Crippen molar-refractivity contribution in [1.82, 2.24) is 20.3 Å². The lowest BCUT2D eigenvalue weighted by atomic mass is 9.97. The fourth-order valence-corrected chi connectivity index (χ4v) is 2.03. The topological polar surface area (TPSA) is 59.8 Å². The van der Waals surface area contributed by atoms with E-state index in [-0.39, 0.29) is 11.3 Å². The summed E-state index contributed by atoms with van der Waals surface area (Å²) in [7, 11) is 0. The minimum Gasteiger partial charge on any atom is -0.352 e. The van der Waals surface area contributed by atoms with Gasteiger partial charge in [0.2, 0.25) is 0 Å². The van der Waals surface area contributed by atoms with Crippen LogP contribution in [0.15, 0.2) is 18.2 Å². The van der Waals surface area contributed by atoms with Crippen molar-refractivity contribution in [2.45, 2.75) is 47.1 Å². The second-order valence-corrected chi connectivity index (χ2v) is 6.61. The van der Waals surface area contributed by atoms with Gasteiger partial charge in [0.15, 0.2) is 0 Å². The van der Waals surface area contributed by atoms with E-state index in [1.807, 2.05) is 22.9 Å². The van der Waals surface area contributed by atoms with Crippen molar-refractivity contribution in [3.8, 4) is 0 Å². The SMILES string of the molecule is CCCCn1nnc2cc(C(=O)NCC(C)(C)C)ccc21. The molecule has 2 rings (SSSR count). The van der Waals surface area contributed by atoms with Crippen molar-refractivity contribution in [2.24, 2.45) is 5.41 Å². The van der Waals surface area contributed by atoms with Gasteiger partial charge in [-0.15, -0.1) is 5.10 Å². The molecule has 0 aliphatic rings. The van der Waals surface area contributed by atoms with E-state index in [9.17, 15) is 4.79 Å². The Labute approximate surface area is 125 Å². The Balaban J connectivity index is 2.14. The van der Waals surface area contributed by atoms with E-state index in [0.29, 0.717) is 12.1 Å². The van der Waals surface area contributed by atoms with Crippen molar-refractivity contribution in [3.05, 3.63) is 23.8 Å². The number of aromatic nitrogens is 3. The highest BCUT2D eigenvalue weighted by Crippen LogP contribution is 2.15. The highest BCUT2D eigenvalue weighted by Gasteiger charge is 2.14. The largest absolute Gasteiger partial charge is 0.352 e. The van der Waals surface area contributed by atoms with Crippen LogP contribution in [0.4, 0.5) is 0 Å². The van der Waals surface area contributed by atoms with Crippen molar-refractivity contribution in [2.75, 3.05) is 6.54 Å². The fraction of sp³-hybridized carbons (Fsp3) is 0.562. The molecule has 0 atom stereocenters. The second-order valence-electron chi connectivity index (χ2n) is 6.61. The third-order valence-electron chi connectivity index (χ3n) is 3.28. The van der Waals surface area contributed by atoms with Gasteiger partial charge in [-0.1, -0.05) is 39.3 Å². The third-order valence-corrected chi connectivity index (χ3v) is 3.28. The molecule has 0 radical (unpaired) electrons. The zero-order chi connectivity index (χ0) is 15.5. The van der Waals surface area contributed by atoms with Crippen LogP contribution < -0.4 is 5.32 Å². The molecule has 5 nitrogen and oxygen atoms in total. The van der Waals surface area contributed by atoms with Gasteiger partial charge < -0.3 is 5.32 Å². The number of rotatable bonds is 5. The van der Waals surface area contributed by atoms with Crippen molar-refractivity contribution >= 4 is 16.9 Å². The van der Waals surface area contributed by atoms with E-state index in [4.69, 9.17) is 0 Å². The van der Waals surface area contributed by atoms with Gasteiger partial charge in [-0.25, -0.2) is 4.68 Å². The van der Waals surface area contributed by atoms with Gasteiger partial charge in [0, 0.05) is 18.7 Å². The summed E-state index contributed by atoms with van der Waals surface area (Å²) < 4.78 is 1.90. The average Bonchev–Trinajstić information content (AvgIpc) is 2.84. The highest BCUT2D eigenvalue weighted by atomic mass is 16.1. The predicted molar refractivity (Wildman–Crippen MR) is 84.2 cm³/mol. The quantitative estimate of drug-likeness (QED) is 0.920. The first-order valence-corrected chi connectivity index (χ1v) is 7.52. The number of fused-ring (bicyclic) bond motifs is 1. The maximum atomic E-state index is 12.1. The van der Waals surface area contributed by atoms with E-state index in [0.717, 1.165) is 30.4 Å². The molecule has 1 heterocycles. The maximum absolute atomic E-state index is 12.1. The van der Waals surface area contributed by atoms with E-state index < -0.39 is 0 Å². The van der Waals surface area contributed by atoms with Crippen LogP contribution in [0.25, 0.3) is 11.0 Å². The Morgan fingerprint density at radius 3 is 2.76 bits per heavy atom. The predicted octanol–water partition coefficient (Wildman–Crippen LogP) is 3.01. The first kappa shape index (κ1) is 15.5. The van der Waals surface area contributed by atoms with Crippen LogP contribution in [-0.4, -0.2) is 27.4 Å². The summed E-state index contributed by atoms with van der Waals surface area (Å²) >= 11 is 0. The molecule has 0 bridgehead atoms. The second kappa shape index (κ2) is 6.24. The number of unbranched alkanes of at least 4 members (excludes halogenated alkanes) is 1. The molecule has 5 heteroatoms. The van der Waals surface area contributed by atoms with Crippen LogP contribution in [-0.2, 0) is 6.54 Å². The Morgan fingerprint density at radius 2 is 2.10 bits per heavy atom. The normalized spacial score (nSPS) is 11.8. The maximum Gasteiger partial charge on any atom is 0.251 e. The molecule has 0 saturated heterocycles. The number of nitrogens with zero attached hydrogens (tertiary/aromatic N) is 3. The van der Waals surface area contributed by atoms with Crippen LogP contribution >= 0.6 is 0 Å². The van der Waals surface area contributed by atoms with E-state index in [1.54, 1.807) is 0 Å². The van der Waals surface area contributed by atoms with E-state index >= 15 is 0 Å². The van der Waals surface area contributed by atoms with Gasteiger partial charge in [0.05, 0.1) is 5.52 Å². The molecule has 0 aliphatic carbocycles. The van der Waals surface area contributed by atoms with Crippen LogP contribution in [0.5, 0.6) is 0 Å². The van der Waals surface area contributed by atoms with Crippen molar-refractivity contribution in [3.63, 3.8) is 0 Å². The third kappa shape index (κ3) is 4.03. The van der Waals surface area contributed by atoms with E-state index in [2.05, 4.69) is 43.3 Å². The number of benzene rings is 1. The molecule has 0 fully saturated rings. The number of amides is 1. The molecule has 114 valence electrons. The van der Waals surface area contributed by atoms with Crippen molar-refractivity contribution in [1.29, 1.82) is 0 Å². The lowest BCUT2D eigenvalue weighted by Gasteiger charge is -2.18. The summed E-state index contributed by atoms with van der Waals surface area (Å²) in [6.07, 6.45) is 2.20. The molecule has 0 spiro atoms. The average molecular weight is 288 g/mol. The number of carbonyl (C=O) groups is 1. The monoisotopic (exact) mass is 288 g/mol. The van der Waals surface area contributed by atoms with Crippen LogP contribution in [0.2, 0.25) is 0 Å². The van der Waals surface area contributed by atoms with Crippen LogP contribution in [0.1, 0.15) is 50.9 Å². The Kier molecular flexibility index (Phi) is 4.60. The smallest absolute Gasteiger partial charge is 0.251 e. The number of hydrogen-bond donors (Lipinski definition) is 1. The molecular formula is C16H24N4O. The van der Waals surface area contributed by atoms with Crippen LogP contribution in [0.3, 0.4) is 0 Å². The number of carbonyl (C=O) groups excluding carboxylic acids is 1. The molecule has 0 unspecified atom stereocenters. The van der Waals surface area contributed by atoms with Gasteiger partial charge >= 0.3 is 0 Å². The molecule has 0 aliphatic heterocycles. The molecule has 0 saturated carbocycles. The summed E-state index contributed by atoms with van der Waals surface area (Å²) in [5, 5.41) is 11.3. The Hall–Kier alpha value is -1.91. The van der Waals surface area contributed by atoms with Gasteiger partial charge in [-0.05, 0) is 30.0 Å². The first-order valence-electron chi connectivity index (χ1n) is 7.52.